The molecule has 10 nitrogen and oxygen atoms in total. The molecule has 0 atom stereocenters. The lowest BCUT2D eigenvalue weighted by Gasteiger charge is -2.30. The third-order valence-electron chi connectivity index (χ3n) is 5.58. The van der Waals surface area contributed by atoms with Gasteiger partial charge in [0.25, 0.3) is 5.91 Å². The van der Waals surface area contributed by atoms with Crippen LogP contribution in [-0.2, 0) is 28.0 Å². The second-order valence-electron chi connectivity index (χ2n) is 9.14. The first-order chi connectivity index (χ1) is 15.1. The summed E-state index contributed by atoms with van der Waals surface area (Å²) in [6.07, 6.45) is 3.06. The molecule has 0 spiro atoms. The number of carbonyl (C=O) groups is 3. The third kappa shape index (κ3) is 4.30. The standard InChI is InChI=1S/C22H27N5O5/c1-21(2,3)32-20(30)27-10-7-15-14(12-27)17(26-25-15)18(28)24-22(8-9-22)16-6-5-13(11-23-16)19(29)31-4/h5-6,11H,7-10,12H2,1-4H3,(H,24,28)(H,25,26). The quantitative estimate of drug-likeness (QED) is 0.697. The fourth-order valence-corrected chi connectivity index (χ4v) is 3.73. The zero-order chi connectivity index (χ0) is 23.1. The Bertz CT molecular complexity index is 1050. The van der Waals surface area contributed by atoms with Crippen molar-refractivity contribution in [3.63, 3.8) is 0 Å². The van der Waals surface area contributed by atoms with Gasteiger partial charge in [0.05, 0.1) is 36.1 Å². The van der Waals surface area contributed by atoms with Crippen LogP contribution in [-0.4, -0.2) is 57.3 Å². The van der Waals surface area contributed by atoms with Gasteiger partial charge in [-0.05, 0) is 45.7 Å². The van der Waals surface area contributed by atoms with Crippen LogP contribution in [0.2, 0.25) is 0 Å². The van der Waals surface area contributed by atoms with Crippen LogP contribution >= 0.6 is 0 Å². The lowest BCUT2D eigenvalue weighted by atomic mass is 10.0. The van der Waals surface area contributed by atoms with Crippen molar-refractivity contribution < 1.29 is 23.9 Å². The van der Waals surface area contributed by atoms with Gasteiger partial charge >= 0.3 is 12.1 Å². The smallest absolute Gasteiger partial charge is 0.410 e. The number of pyridine rings is 1. The van der Waals surface area contributed by atoms with Gasteiger partial charge in [0, 0.05) is 24.7 Å². The summed E-state index contributed by atoms with van der Waals surface area (Å²) in [5.41, 5.74) is 1.67. The summed E-state index contributed by atoms with van der Waals surface area (Å²) in [5, 5.41) is 10.2. The number of ether oxygens (including phenoxy) is 2. The molecule has 2 aromatic rings. The Hall–Kier alpha value is -3.43. The zero-order valence-corrected chi connectivity index (χ0v) is 18.7. The number of nitrogens with zero attached hydrogens (tertiary/aromatic N) is 3. The highest BCUT2D eigenvalue weighted by atomic mass is 16.6. The summed E-state index contributed by atoms with van der Waals surface area (Å²) in [4.78, 5) is 43.2. The van der Waals surface area contributed by atoms with E-state index in [-0.39, 0.29) is 12.5 Å². The van der Waals surface area contributed by atoms with E-state index in [9.17, 15) is 14.4 Å². The Balaban J connectivity index is 1.48. The van der Waals surface area contributed by atoms with Gasteiger partial charge in [-0.3, -0.25) is 14.9 Å². The topological polar surface area (TPSA) is 127 Å². The fraction of sp³-hybridized carbons (Fsp3) is 0.500. The number of hydrogen-bond acceptors (Lipinski definition) is 7. The third-order valence-corrected chi connectivity index (χ3v) is 5.58. The van der Waals surface area contributed by atoms with E-state index in [2.05, 4.69) is 20.5 Å². The van der Waals surface area contributed by atoms with Gasteiger partial charge in [-0.25, -0.2) is 9.59 Å². The number of aromatic amines is 1. The molecule has 1 saturated carbocycles. The van der Waals surface area contributed by atoms with E-state index < -0.39 is 23.2 Å². The number of carbonyl (C=O) groups excluding carboxylic acids is 3. The molecule has 0 bridgehead atoms. The maximum absolute atomic E-state index is 13.1. The molecule has 0 aromatic carbocycles. The number of nitrogens with one attached hydrogen (secondary N) is 2. The molecule has 0 saturated heterocycles. The number of esters is 1. The van der Waals surface area contributed by atoms with Gasteiger partial charge in [-0.1, -0.05) is 0 Å². The summed E-state index contributed by atoms with van der Waals surface area (Å²) in [6, 6.07) is 3.36. The Morgan fingerprint density at radius 1 is 1.22 bits per heavy atom. The normalized spacial score (nSPS) is 16.7. The van der Waals surface area contributed by atoms with Gasteiger partial charge in [0.15, 0.2) is 0 Å². The molecule has 0 unspecified atom stereocenters. The summed E-state index contributed by atoms with van der Waals surface area (Å²) in [5.74, 6) is -0.766. The Morgan fingerprint density at radius 2 is 1.97 bits per heavy atom. The SMILES string of the molecule is COC(=O)c1ccc(C2(NC(=O)c3[nH]nc4c3CN(C(=O)OC(C)(C)C)CC4)CC2)nc1. The predicted octanol–water partition coefficient (Wildman–Crippen LogP) is 2.30. The van der Waals surface area contributed by atoms with Crippen molar-refractivity contribution in [2.24, 2.45) is 0 Å². The van der Waals surface area contributed by atoms with Crippen LogP contribution < -0.4 is 5.32 Å². The minimum Gasteiger partial charge on any atom is -0.465 e. The first-order valence-corrected chi connectivity index (χ1v) is 10.5. The van der Waals surface area contributed by atoms with Crippen LogP contribution in [0.5, 0.6) is 0 Å². The maximum atomic E-state index is 13.1. The van der Waals surface area contributed by atoms with Gasteiger partial charge < -0.3 is 19.7 Å². The molecular formula is C22H27N5O5. The van der Waals surface area contributed by atoms with Crippen LogP contribution in [0.1, 0.15) is 71.4 Å². The molecule has 10 heteroatoms. The van der Waals surface area contributed by atoms with Gasteiger partial charge in [-0.15, -0.1) is 0 Å². The van der Waals surface area contributed by atoms with Crippen molar-refractivity contribution in [1.82, 2.24) is 25.4 Å². The van der Waals surface area contributed by atoms with E-state index in [4.69, 9.17) is 9.47 Å². The van der Waals surface area contributed by atoms with E-state index in [1.807, 2.05) is 20.8 Å². The van der Waals surface area contributed by atoms with Crippen LogP contribution in [0.3, 0.4) is 0 Å². The van der Waals surface area contributed by atoms with Crippen molar-refractivity contribution >= 4 is 18.0 Å². The van der Waals surface area contributed by atoms with Gasteiger partial charge in [0.2, 0.25) is 0 Å². The van der Waals surface area contributed by atoms with Crippen molar-refractivity contribution in [1.29, 1.82) is 0 Å². The Morgan fingerprint density at radius 3 is 2.56 bits per heavy atom. The highest BCUT2D eigenvalue weighted by molar-refractivity contribution is 5.95. The predicted molar refractivity (Wildman–Crippen MR) is 113 cm³/mol. The molecule has 2 aliphatic rings. The molecule has 2 aromatic heterocycles. The van der Waals surface area contributed by atoms with E-state index in [0.717, 1.165) is 18.5 Å². The number of H-pyrrole nitrogens is 1. The Labute approximate surface area is 185 Å². The minimum absolute atomic E-state index is 0.253. The molecule has 32 heavy (non-hydrogen) atoms. The number of amides is 2. The molecule has 2 N–H and O–H groups in total. The number of aromatic nitrogens is 3. The van der Waals surface area contributed by atoms with Gasteiger partial charge in [-0.2, -0.15) is 5.10 Å². The molecular weight excluding hydrogens is 414 g/mol. The summed E-state index contributed by atoms with van der Waals surface area (Å²) < 4.78 is 10.2. The zero-order valence-electron chi connectivity index (χ0n) is 18.7. The second kappa shape index (κ2) is 7.92. The number of hydrogen-bond donors (Lipinski definition) is 2. The second-order valence-corrected chi connectivity index (χ2v) is 9.14. The Kier molecular flexibility index (Phi) is 5.39. The molecule has 2 amide bonds. The van der Waals surface area contributed by atoms with Crippen LogP contribution in [0.25, 0.3) is 0 Å². The van der Waals surface area contributed by atoms with Crippen molar-refractivity contribution in [3.05, 3.63) is 46.5 Å². The molecule has 4 rings (SSSR count). The largest absolute Gasteiger partial charge is 0.465 e. The van der Waals surface area contributed by atoms with Crippen LogP contribution in [0, 0.1) is 0 Å². The highest BCUT2D eigenvalue weighted by Crippen LogP contribution is 2.44. The average molecular weight is 441 g/mol. The molecule has 0 radical (unpaired) electrons. The molecule has 170 valence electrons. The van der Waals surface area contributed by atoms with Gasteiger partial charge in [0.1, 0.15) is 11.3 Å². The van der Waals surface area contributed by atoms with E-state index in [1.54, 1.807) is 17.0 Å². The number of rotatable bonds is 4. The molecule has 3 heterocycles. The fourth-order valence-electron chi connectivity index (χ4n) is 3.73. The van der Waals surface area contributed by atoms with E-state index in [0.29, 0.717) is 35.5 Å². The summed E-state index contributed by atoms with van der Waals surface area (Å²) >= 11 is 0. The minimum atomic E-state index is -0.595. The average Bonchev–Trinajstić information content (AvgIpc) is 3.40. The number of fused-ring (bicyclic) bond motifs is 1. The molecule has 1 aliphatic heterocycles. The molecule has 1 aliphatic carbocycles. The lowest BCUT2D eigenvalue weighted by Crippen LogP contribution is -2.41. The van der Waals surface area contributed by atoms with Crippen molar-refractivity contribution in [2.75, 3.05) is 13.7 Å². The monoisotopic (exact) mass is 441 g/mol. The van der Waals surface area contributed by atoms with Crippen LogP contribution in [0.4, 0.5) is 4.79 Å². The maximum Gasteiger partial charge on any atom is 0.410 e. The molecule has 1 fully saturated rings. The van der Waals surface area contributed by atoms with Crippen LogP contribution in [0.15, 0.2) is 18.3 Å². The van der Waals surface area contributed by atoms with Crippen molar-refractivity contribution in [3.8, 4) is 0 Å². The first kappa shape index (κ1) is 21.8. The summed E-state index contributed by atoms with van der Waals surface area (Å²) in [7, 11) is 1.31. The summed E-state index contributed by atoms with van der Waals surface area (Å²) in [6.45, 7) is 6.18. The van der Waals surface area contributed by atoms with E-state index in [1.165, 1.54) is 13.3 Å². The first-order valence-electron chi connectivity index (χ1n) is 10.5. The number of methoxy groups -OCH3 is 1. The van der Waals surface area contributed by atoms with Crippen molar-refractivity contribution in [2.45, 2.75) is 57.7 Å². The lowest BCUT2D eigenvalue weighted by molar-refractivity contribution is 0.0222. The van der Waals surface area contributed by atoms with E-state index >= 15 is 0 Å². The highest BCUT2D eigenvalue weighted by Gasteiger charge is 2.47.